The molecule has 0 radical (unpaired) electrons. The molecular formula is C23H22ClFN6O. The van der Waals surface area contributed by atoms with E-state index in [-0.39, 0.29) is 11.9 Å². The number of ether oxygens (including phenoxy) is 1. The van der Waals surface area contributed by atoms with Gasteiger partial charge in [-0.25, -0.2) is 14.4 Å². The molecule has 0 fully saturated rings. The lowest BCUT2D eigenvalue weighted by Crippen LogP contribution is -2.11. The lowest BCUT2D eigenvalue weighted by molar-refractivity contribution is 0.396. The fraction of sp³-hybridized carbons (Fsp3) is 0.217. The molecule has 0 aliphatic carbocycles. The van der Waals surface area contributed by atoms with Crippen LogP contribution in [0.15, 0.2) is 48.9 Å². The Morgan fingerprint density at radius 2 is 1.91 bits per heavy atom. The maximum absolute atomic E-state index is 13.3. The van der Waals surface area contributed by atoms with E-state index >= 15 is 0 Å². The summed E-state index contributed by atoms with van der Waals surface area (Å²) in [4.78, 5) is 8.85. The molecule has 9 heteroatoms. The summed E-state index contributed by atoms with van der Waals surface area (Å²) in [7, 11) is 1.57. The number of anilines is 1. The van der Waals surface area contributed by atoms with Crippen molar-refractivity contribution >= 4 is 17.4 Å². The third-order valence-electron chi connectivity index (χ3n) is 5.05. The predicted molar refractivity (Wildman–Crippen MR) is 122 cm³/mol. The summed E-state index contributed by atoms with van der Waals surface area (Å²) >= 11 is 6.18. The van der Waals surface area contributed by atoms with E-state index in [2.05, 4.69) is 25.5 Å². The first-order valence-corrected chi connectivity index (χ1v) is 10.4. The maximum atomic E-state index is 13.3. The molecule has 1 N–H and O–H groups in total. The average molecular weight is 453 g/mol. The van der Waals surface area contributed by atoms with Gasteiger partial charge in [0.2, 0.25) is 5.88 Å². The molecule has 7 nitrogen and oxygen atoms in total. The zero-order valence-electron chi connectivity index (χ0n) is 18.1. The van der Waals surface area contributed by atoms with Gasteiger partial charge in [0.05, 0.1) is 30.9 Å². The number of imidazole rings is 1. The van der Waals surface area contributed by atoms with Crippen LogP contribution in [0.1, 0.15) is 29.8 Å². The minimum Gasteiger partial charge on any atom is -0.479 e. The van der Waals surface area contributed by atoms with Gasteiger partial charge >= 0.3 is 0 Å². The van der Waals surface area contributed by atoms with Crippen molar-refractivity contribution in [3.8, 4) is 23.0 Å². The number of aromatic nitrogens is 5. The topological polar surface area (TPSA) is 77.8 Å². The van der Waals surface area contributed by atoms with Crippen molar-refractivity contribution in [3.05, 3.63) is 76.6 Å². The number of nitrogens with one attached hydrogen (secondary N) is 1. The second-order valence-electron chi connectivity index (χ2n) is 7.44. The van der Waals surface area contributed by atoms with Crippen LogP contribution in [0.2, 0.25) is 5.02 Å². The second-order valence-corrected chi connectivity index (χ2v) is 7.85. The van der Waals surface area contributed by atoms with Crippen LogP contribution in [0.3, 0.4) is 0 Å². The Balaban J connectivity index is 1.59. The Kier molecular flexibility index (Phi) is 6.05. The molecule has 0 aliphatic heterocycles. The van der Waals surface area contributed by atoms with E-state index in [1.807, 2.05) is 49.7 Å². The SMILES string of the molecule is COc1nc(-c2cc(C)c(N[C@@H](C)c3ccc(F)cc3Cl)nn2)ccc1-n1cnc(C)c1. The van der Waals surface area contributed by atoms with Crippen molar-refractivity contribution in [2.75, 3.05) is 12.4 Å². The summed E-state index contributed by atoms with van der Waals surface area (Å²) in [5.74, 6) is 0.698. The normalized spacial score (nSPS) is 11.9. The van der Waals surface area contributed by atoms with E-state index in [1.54, 1.807) is 19.5 Å². The van der Waals surface area contributed by atoms with Gasteiger partial charge in [-0.2, -0.15) is 0 Å². The van der Waals surface area contributed by atoms with Crippen LogP contribution >= 0.6 is 11.6 Å². The molecule has 3 heterocycles. The number of rotatable bonds is 6. The van der Waals surface area contributed by atoms with Crippen LogP contribution in [0.25, 0.3) is 17.1 Å². The highest BCUT2D eigenvalue weighted by atomic mass is 35.5. The third kappa shape index (κ3) is 4.40. The van der Waals surface area contributed by atoms with Crippen LogP contribution in [0, 0.1) is 19.7 Å². The van der Waals surface area contributed by atoms with Crippen molar-refractivity contribution < 1.29 is 9.13 Å². The Morgan fingerprint density at radius 1 is 1.09 bits per heavy atom. The number of hydrogen-bond donors (Lipinski definition) is 1. The van der Waals surface area contributed by atoms with Crippen LogP contribution in [-0.2, 0) is 0 Å². The highest BCUT2D eigenvalue weighted by Crippen LogP contribution is 2.29. The minimum atomic E-state index is -0.372. The molecule has 32 heavy (non-hydrogen) atoms. The summed E-state index contributed by atoms with van der Waals surface area (Å²) < 4.78 is 20.7. The molecule has 0 spiro atoms. The molecule has 3 aromatic heterocycles. The first-order chi connectivity index (χ1) is 15.4. The number of methoxy groups -OCH3 is 1. The van der Waals surface area contributed by atoms with E-state index in [0.29, 0.717) is 28.1 Å². The highest BCUT2D eigenvalue weighted by Gasteiger charge is 2.15. The van der Waals surface area contributed by atoms with Crippen molar-refractivity contribution in [3.63, 3.8) is 0 Å². The minimum absolute atomic E-state index is 0.182. The Hall–Kier alpha value is -3.52. The Labute approximate surface area is 190 Å². The van der Waals surface area contributed by atoms with Gasteiger partial charge < -0.3 is 14.6 Å². The molecule has 0 saturated carbocycles. The molecule has 4 aromatic rings. The highest BCUT2D eigenvalue weighted by molar-refractivity contribution is 6.31. The molecule has 0 amide bonds. The molecule has 1 atom stereocenters. The van der Waals surface area contributed by atoms with Gasteiger partial charge in [0.15, 0.2) is 5.82 Å². The summed E-state index contributed by atoms with van der Waals surface area (Å²) in [6.07, 6.45) is 3.62. The van der Waals surface area contributed by atoms with E-state index in [4.69, 9.17) is 16.3 Å². The number of aryl methyl sites for hydroxylation is 2. The van der Waals surface area contributed by atoms with Gasteiger partial charge in [-0.3, -0.25) is 0 Å². The van der Waals surface area contributed by atoms with Gasteiger partial charge in [0.1, 0.15) is 17.2 Å². The molecule has 0 unspecified atom stereocenters. The summed E-state index contributed by atoms with van der Waals surface area (Å²) in [6, 6.07) is 9.83. The van der Waals surface area contributed by atoms with Crippen LogP contribution in [0.4, 0.5) is 10.2 Å². The van der Waals surface area contributed by atoms with Gasteiger partial charge in [-0.15, -0.1) is 10.2 Å². The second kappa shape index (κ2) is 8.92. The van der Waals surface area contributed by atoms with Gasteiger partial charge in [-0.05, 0) is 62.2 Å². The van der Waals surface area contributed by atoms with Gasteiger partial charge in [-0.1, -0.05) is 17.7 Å². The zero-order valence-corrected chi connectivity index (χ0v) is 18.9. The zero-order chi connectivity index (χ0) is 22.8. The van der Waals surface area contributed by atoms with E-state index in [1.165, 1.54) is 12.1 Å². The van der Waals surface area contributed by atoms with Gasteiger partial charge in [0, 0.05) is 11.2 Å². The fourth-order valence-electron chi connectivity index (χ4n) is 3.36. The fourth-order valence-corrected chi connectivity index (χ4v) is 3.69. The largest absolute Gasteiger partial charge is 0.479 e. The lowest BCUT2D eigenvalue weighted by Gasteiger charge is -2.17. The number of hydrogen-bond acceptors (Lipinski definition) is 6. The number of nitrogens with zero attached hydrogens (tertiary/aromatic N) is 5. The predicted octanol–water partition coefficient (Wildman–Crippen LogP) is 5.32. The van der Waals surface area contributed by atoms with E-state index in [0.717, 1.165) is 22.5 Å². The summed E-state index contributed by atoms with van der Waals surface area (Å²) in [6.45, 7) is 5.78. The van der Waals surface area contributed by atoms with E-state index < -0.39 is 0 Å². The lowest BCUT2D eigenvalue weighted by atomic mass is 10.1. The molecule has 4 rings (SSSR count). The summed E-state index contributed by atoms with van der Waals surface area (Å²) in [5, 5.41) is 12.3. The summed E-state index contributed by atoms with van der Waals surface area (Å²) in [5.41, 5.74) is 4.60. The van der Waals surface area contributed by atoms with Gasteiger partial charge in [0.25, 0.3) is 0 Å². The molecule has 164 valence electrons. The van der Waals surface area contributed by atoms with Crippen LogP contribution < -0.4 is 10.1 Å². The molecule has 0 saturated heterocycles. The first-order valence-electron chi connectivity index (χ1n) is 9.98. The van der Waals surface area contributed by atoms with Crippen molar-refractivity contribution in [1.29, 1.82) is 0 Å². The van der Waals surface area contributed by atoms with E-state index in [9.17, 15) is 4.39 Å². The number of benzene rings is 1. The molecule has 1 aromatic carbocycles. The molecule has 0 bridgehead atoms. The Bertz CT molecular complexity index is 1280. The number of pyridine rings is 1. The monoisotopic (exact) mass is 452 g/mol. The standard InChI is InChI=1S/C23H22ClFN6O/c1-13-9-20(19-7-8-21(23(28-19)32-4)31-11-14(2)26-12-31)29-30-22(13)27-15(3)17-6-5-16(25)10-18(17)24/h5-12,15H,1-4H3,(H,27,30)/t15-/m0/s1. The molecular weight excluding hydrogens is 431 g/mol. The van der Waals surface area contributed by atoms with Crippen LogP contribution in [-0.4, -0.2) is 31.8 Å². The number of halogens is 2. The smallest absolute Gasteiger partial charge is 0.238 e. The average Bonchev–Trinajstić information content (AvgIpc) is 3.20. The van der Waals surface area contributed by atoms with Crippen LogP contribution in [0.5, 0.6) is 5.88 Å². The maximum Gasteiger partial charge on any atom is 0.238 e. The van der Waals surface area contributed by atoms with Crippen molar-refractivity contribution in [1.82, 2.24) is 24.7 Å². The first kappa shape index (κ1) is 21.7. The quantitative estimate of drug-likeness (QED) is 0.427. The Morgan fingerprint density at radius 3 is 2.56 bits per heavy atom. The van der Waals surface area contributed by atoms with Crippen molar-refractivity contribution in [2.24, 2.45) is 0 Å². The van der Waals surface area contributed by atoms with Crippen molar-refractivity contribution in [2.45, 2.75) is 26.8 Å². The molecule has 0 aliphatic rings. The third-order valence-corrected chi connectivity index (χ3v) is 5.38.